The van der Waals surface area contributed by atoms with Gasteiger partial charge in [-0.3, -0.25) is 4.57 Å². The van der Waals surface area contributed by atoms with E-state index in [1.165, 1.54) is 6.42 Å². The fourth-order valence-electron chi connectivity index (χ4n) is 5.68. The zero-order chi connectivity index (χ0) is 28.2. The van der Waals surface area contributed by atoms with Gasteiger partial charge in [0.2, 0.25) is 0 Å². The van der Waals surface area contributed by atoms with Crippen LogP contribution in [0.3, 0.4) is 0 Å². The molecule has 0 spiro atoms. The van der Waals surface area contributed by atoms with Gasteiger partial charge in [0.25, 0.3) is 7.37 Å². The predicted octanol–water partition coefficient (Wildman–Crippen LogP) is 8.01. The molecule has 6 heteroatoms. The molecular formula is C33H46N3O2P. The molecule has 3 aromatic rings. The molecule has 39 heavy (non-hydrogen) atoms. The Morgan fingerprint density at radius 1 is 0.821 bits per heavy atom. The van der Waals surface area contributed by atoms with Crippen molar-refractivity contribution in [3.8, 4) is 0 Å². The normalized spacial score (nSPS) is 21.7. The molecule has 1 fully saturated rings. The van der Waals surface area contributed by atoms with Crippen LogP contribution in [0, 0.1) is 17.8 Å². The first-order chi connectivity index (χ1) is 18.6. The average Bonchev–Trinajstić information content (AvgIpc) is 2.92. The highest BCUT2D eigenvalue weighted by molar-refractivity contribution is 7.67. The van der Waals surface area contributed by atoms with Crippen LogP contribution in [-0.4, -0.2) is 34.3 Å². The lowest BCUT2D eigenvalue weighted by molar-refractivity contribution is 0.0489. The summed E-state index contributed by atoms with van der Waals surface area (Å²) in [5.41, 5.74) is 4.04. The first-order valence-corrected chi connectivity index (χ1v) is 15.9. The maximum atomic E-state index is 15.7. The number of hydrogen-bond donors (Lipinski definition) is 1. The van der Waals surface area contributed by atoms with Crippen molar-refractivity contribution in [3.63, 3.8) is 0 Å². The summed E-state index contributed by atoms with van der Waals surface area (Å²) in [4.78, 5) is 4.14. The minimum atomic E-state index is -3.47. The number of nitrogens with one attached hydrogen (secondary N) is 1. The van der Waals surface area contributed by atoms with Gasteiger partial charge in [-0.25, -0.2) is 0 Å². The van der Waals surface area contributed by atoms with Crippen molar-refractivity contribution in [2.75, 3.05) is 43.3 Å². The topological polar surface area (TPSA) is 44.8 Å². The Kier molecular flexibility index (Phi) is 9.46. The highest BCUT2D eigenvalue weighted by Crippen LogP contribution is 2.61. The minimum absolute atomic E-state index is 0.0609. The molecule has 4 rings (SSSR count). The maximum Gasteiger partial charge on any atom is 0.258 e. The monoisotopic (exact) mass is 547 g/mol. The molecule has 0 saturated heterocycles. The SMILES string of the molecule is CC(C)[C@H]1CC[C@H](C)C[C@H]1O[P@](=O)(c1ccc(N(C)C)cc1)[C@H](Nc1ccccc1)c1ccc(N(C)C)cc1. The number of para-hydroxylation sites is 1. The van der Waals surface area contributed by atoms with Crippen molar-refractivity contribution < 1.29 is 9.09 Å². The van der Waals surface area contributed by atoms with Gasteiger partial charge in [0.1, 0.15) is 5.78 Å². The van der Waals surface area contributed by atoms with Crippen LogP contribution in [0.4, 0.5) is 17.1 Å². The van der Waals surface area contributed by atoms with Gasteiger partial charge in [-0.2, -0.15) is 0 Å². The smallest absolute Gasteiger partial charge is 0.258 e. The zero-order valence-corrected chi connectivity index (χ0v) is 25.6. The van der Waals surface area contributed by atoms with Gasteiger partial charge in [-0.1, -0.05) is 57.5 Å². The molecule has 1 aliphatic rings. The molecule has 0 unspecified atom stereocenters. The van der Waals surface area contributed by atoms with Crippen molar-refractivity contribution in [3.05, 3.63) is 84.4 Å². The number of nitrogens with zero attached hydrogens (tertiary/aromatic N) is 2. The summed E-state index contributed by atoms with van der Waals surface area (Å²) in [6, 6.07) is 26.5. The molecule has 0 heterocycles. The lowest BCUT2D eigenvalue weighted by Crippen LogP contribution is -2.35. The summed E-state index contributed by atoms with van der Waals surface area (Å²) in [6.07, 6.45) is 3.18. The molecule has 210 valence electrons. The van der Waals surface area contributed by atoms with E-state index in [-0.39, 0.29) is 6.10 Å². The molecule has 0 aromatic heterocycles. The summed E-state index contributed by atoms with van der Waals surface area (Å²) in [5.74, 6) is 0.858. The van der Waals surface area contributed by atoms with E-state index >= 15 is 4.57 Å². The molecule has 0 radical (unpaired) electrons. The van der Waals surface area contributed by atoms with E-state index in [1.807, 2.05) is 82.8 Å². The molecule has 3 aromatic carbocycles. The maximum absolute atomic E-state index is 15.7. The third-order valence-electron chi connectivity index (χ3n) is 8.12. The average molecular weight is 548 g/mol. The van der Waals surface area contributed by atoms with E-state index in [9.17, 15) is 0 Å². The number of benzene rings is 3. The lowest BCUT2D eigenvalue weighted by Gasteiger charge is -2.41. The highest BCUT2D eigenvalue weighted by Gasteiger charge is 2.43. The zero-order valence-electron chi connectivity index (χ0n) is 24.7. The van der Waals surface area contributed by atoms with Crippen LogP contribution in [0.15, 0.2) is 78.9 Å². The Bertz CT molecular complexity index is 1230. The number of rotatable bonds is 10. The van der Waals surface area contributed by atoms with E-state index in [0.29, 0.717) is 17.8 Å². The molecule has 0 aliphatic heterocycles. The van der Waals surface area contributed by atoms with Gasteiger partial charge in [0.05, 0.1) is 6.10 Å². The molecule has 5 atom stereocenters. The standard InChI is InChI=1S/C33H46N3O2P/c1-24(2)31-22-13-25(3)23-32(31)38-39(37,30-20-18-29(19-21-30)36(6)7)33(34-27-11-9-8-10-12-27)26-14-16-28(17-15-26)35(4)5/h8-12,14-21,24-25,31-34H,13,22-23H2,1-7H3/t25-,31+,32+,33-,39+/m0/s1. The van der Waals surface area contributed by atoms with Gasteiger partial charge in [0, 0.05) is 50.6 Å². The van der Waals surface area contributed by atoms with E-state index < -0.39 is 13.2 Å². The van der Waals surface area contributed by atoms with E-state index in [2.05, 4.69) is 60.2 Å². The van der Waals surface area contributed by atoms with Crippen LogP contribution in [0.25, 0.3) is 0 Å². The predicted molar refractivity (Wildman–Crippen MR) is 168 cm³/mol. The van der Waals surface area contributed by atoms with E-state index in [0.717, 1.165) is 40.8 Å². The van der Waals surface area contributed by atoms with Crippen molar-refractivity contribution >= 4 is 29.7 Å². The Labute approximate surface area is 236 Å². The van der Waals surface area contributed by atoms with Crippen molar-refractivity contribution in [1.29, 1.82) is 0 Å². The van der Waals surface area contributed by atoms with Gasteiger partial charge in [0.15, 0.2) is 0 Å². The second-order valence-corrected chi connectivity index (χ2v) is 14.3. The minimum Gasteiger partial charge on any atom is -0.378 e. The summed E-state index contributed by atoms with van der Waals surface area (Å²) >= 11 is 0. The molecule has 5 nitrogen and oxygen atoms in total. The molecule has 1 saturated carbocycles. The lowest BCUT2D eigenvalue weighted by atomic mass is 9.75. The summed E-state index contributed by atoms with van der Waals surface area (Å²) in [7, 11) is 4.64. The van der Waals surface area contributed by atoms with Gasteiger partial charge in [-0.15, -0.1) is 0 Å². The van der Waals surface area contributed by atoms with Crippen molar-refractivity contribution in [2.45, 2.75) is 51.9 Å². The largest absolute Gasteiger partial charge is 0.378 e. The van der Waals surface area contributed by atoms with Crippen LogP contribution in [0.1, 0.15) is 51.4 Å². The Balaban J connectivity index is 1.85. The van der Waals surface area contributed by atoms with Crippen LogP contribution >= 0.6 is 7.37 Å². The van der Waals surface area contributed by atoms with Crippen LogP contribution in [0.2, 0.25) is 0 Å². The Hall–Kier alpha value is -2.75. The fraction of sp³-hybridized carbons (Fsp3) is 0.455. The second-order valence-electron chi connectivity index (χ2n) is 11.9. The van der Waals surface area contributed by atoms with Crippen LogP contribution in [0.5, 0.6) is 0 Å². The fourth-order valence-corrected chi connectivity index (χ4v) is 8.31. The number of hydrogen-bond acceptors (Lipinski definition) is 5. The summed E-state index contributed by atoms with van der Waals surface area (Å²) in [5, 5.41) is 4.40. The van der Waals surface area contributed by atoms with E-state index in [1.54, 1.807) is 0 Å². The summed E-state index contributed by atoms with van der Waals surface area (Å²) < 4.78 is 22.7. The van der Waals surface area contributed by atoms with Gasteiger partial charge >= 0.3 is 0 Å². The van der Waals surface area contributed by atoms with Gasteiger partial charge < -0.3 is 19.6 Å². The Morgan fingerprint density at radius 3 is 1.92 bits per heavy atom. The van der Waals surface area contributed by atoms with Crippen molar-refractivity contribution in [2.24, 2.45) is 17.8 Å². The Morgan fingerprint density at radius 2 is 1.38 bits per heavy atom. The summed E-state index contributed by atoms with van der Waals surface area (Å²) in [6.45, 7) is 6.84. The van der Waals surface area contributed by atoms with Gasteiger partial charge in [-0.05, 0) is 84.7 Å². The highest BCUT2D eigenvalue weighted by atomic mass is 31.2. The first kappa shape index (κ1) is 29.2. The second kappa shape index (κ2) is 12.6. The van der Waals surface area contributed by atoms with Crippen LogP contribution < -0.4 is 20.4 Å². The molecule has 0 bridgehead atoms. The quantitative estimate of drug-likeness (QED) is 0.261. The van der Waals surface area contributed by atoms with Crippen molar-refractivity contribution in [1.82, 2.24) is 0 Å². The van der Waals surface area contributed by atoms with Crippen LogP contribution in [-0.2, 0) is 9.09 Å². The third-order valence-corrected chi connectivity index (χ3v) is 10.8. The molecule has 1 N–H and O–H groups in total. The molecule has 1 aliphatic carbocycles. The number of anilines is 3. The molecular weight excluding hydrogens is 501 g/mol. The van der Waals surface area contributed by atoms with E-state index in [4.69, 9.17) is 4.52 Å². The molecule has 0 amide bonds. The third kappa shape index (κ3) is 6.88. The first-order valence-electron chi connectivity index (χ1n) is 14.2.